The molecule has 2 aliphatic carbocycles. The number of rotatable bonds is 6. The maximum absolute atomic E-state index is 11.9. The van der Waals surface area contributed by atoms with Crippen LogP contribution in [-0.2, 0) is 11.3 Å². The predicted molar refractivity (Wildman–Crippen MR) is 105 cm³/mol. The van der Waals surface area contributed by atoms with Crippen LogP contribution in [0.5, 0.6) is 0 Å². The van der Waals surface area contributed by atoms with Crippen molar-refractivity contribution >= 4 is 6.09 Å². The molecule has 3 rings (SSSR count). The summed E-state index contributed by atoms with van der Waals surface area (Å²) in [7, 11) is 0. The summed E-state index contributed by atoms with van der Waals surface area (Å²) in [5.41, 5.74) is 1.02. The molecule has 4 heteroatoms. The predicted octanol–water partition coefficient (Wildman–Crippen LogP) is 4.49. The Bertz CT molecular complexity index is 569. The van der Waals surface area contributed by atoms with Crippen LogP contribution in [0.25, 0.3) is 0 Å². The molecule has 1 aromatic rings. The van der Waals surface area contributed by atoms with E-state index in [1.165, 1.54) is 19.3 Å². The van der Waals surface area contributed by atoms with Gasteiger partial charge in [-0.1, -0.05) is 57.5 Å². The van der Waals surface area contributed by atoms with E-state index in [1.54, 1.807) is 0 Å². The zero-order valence-electron chi connectivity index (χ0n) is 16.4. The third-order valence-corrected chi connectivity index (χ3v) is 6.14. The van der Waals surface area contributed by atoms with E-state index in [1.807, 2.05) is 30.3 Å². The Labute approximate surface area is 158 Å². The third kappa shape index (κ3) is 5.23. The minimum absolute atomic E-state index is 0.245. The summed E-state index contributed by atoms with van der Waals surface area (Å²) in [6.45, 7) is 7.41. The molecule has 0 bridgehead atoms. The van der Waals surface area contributed by atoms with E-state index in [9.17, 15) is 4.79 Å². The maximum Gasteiger partial charge on any atom is 0.407 e. The molecule has 1 amide bonds. The molecule has 3 atom stereocenters. The standard InChI is InChI=1S/C22H34N2O2/c1-15(2)20-10-9-16(3)11-21(20)23-18-12-19(13-18)24-22(25)26-14-17-7-5-4-6-8-17/h4-8,15-16,18-21,23H,9-14H2,1-3H3,(H,24,25). The van der Waals surface area contributed by atoms with Crippen LogP contribution in [0.2, 0.25) is 0 Å². The number of ether oxygens (including phenoxy) is 1. The van der Waals surface area contributed by atoms with E-state index >= 15 is 0 Å². The van der Waals surface area contributed by atoms with Crippen LogP contribution in [0.15, 0.2) is 30.3 Å². The van der Waals surface area contributed by atoms with E-state index in [-0.39, 0.29) is 12.1 Å². The van der Waals surface area contributed by atoms with Crippen LogP contribution in [0.1, 0.15) is 58.4 Å². The lowest BCUT2D eigenvalue weighted by atomic mass is 9.73. The quantitative estimate of drug-likeness (QED) is 0.787. The van der Waals surface area contributed by atoms with Gasteiger partial charge in [-0.3, -0.25) is 0 Å². The lowest BCUT2D eigenvalue weighted by molar-refractivity contribution is 0.111. The van der Waals surface area contributed by atoms with E-state index in [0.29, 0.717) is 18.7 Å². The molecule has 0 saturated heterocycles. The maximum atomic E-state index is 11.9. The first kappa shape index (κ1) is 19.2. The average molecular weight is 359 g/mol. The Kier molecular flexibility index (Phi) is 6.58. The second-order valence-corrected chi connectivity index (χ2v) is 8.67. The molecular formula is C22H34N2O2. The van der Waals surface area contributed by atoms with Crippen molar-refractivity contribution in [3.8, 4) is 0 Å². The van der Waals surface area contributed by atoms with Crippen LogP contribution in [0.3, 0.4) is 0 Å². The van der Waals surface area contributed by atoms with Gasteiger partial charge in [0.1, 0.15) is 6.61 Å². The van der Waals surface area contributed by atoms with Crippen LogP contribution < -0.4 is 10.6 Å². The molecule has 0 aliphatic heterocycles. The van der Waals surface area contributed by atoms with Gasteiger partial charge in [0, 0.05) is 18.1 Å². The highest BCUT2D eigenvalue weighted by atomic mass is 16.5. The van der Waals surface area contributed by atoms with Gasteiger partial charge >= 0.3 is 6.09 Å². The summed E-state index contributed by atoms with van der Waals surface area (Å²) in [5, 5.41) is 6.88. The topological polar surface area (TPSA) is 50.4 Å². The lowest BCUT2D eigenvalue weighted by Gasteiger charge is -2.44. The zero-order chi connectivity index (χ0) is 18.5. The minimum Gasteiger partial charge on any atom is -0.445 e. The van der Waals surface area contributed by atoms with Crippen molar-refractivity contribution in [3.05, 3.63) is 35.9 Å². The fourth-order valence-corrected chi connectivity index (χ4v) is 4.50. The molecule has 0 radical (unpaired) electrons. The van der Waals surface area contributed by atoms with Crippen molar-refractivity contribution in [2.24, 2.45) is 17.8 Å². The molecule has 26 heavy (non-hydrogen) atoms. The molecule has 2 aliphatic rings. The van der Waals surface area contributed by atoms with Gasteiger partial charge in [0.2, 0.25) is 0 Å². The van der Waals surface area contributed by atoms with Crippen molar-refractivity contribution in [2.75, 3.05) is 0 Å². The number of carbonyl (C=O) groups excluding carboxylic acids is 1. The van der Waals surface area contributed by atoms with Crippen LogP contribution >= 0.6 is 0 Å². The Morgan fingerprint density at radius 2 is 1.85 bits per heavy atom. The Balaban J connectivity index is 1.36. The Morgan fingerprint density at radius 3 is 2.54 bits per heavy atom. The number of hydrogen-bond donors (Lipinski definition) is 2. The van der Waals surface area contributed by atoms with Crippen molar-refractivity contribution in [1.29, 1.82) is 0 Å². The molecule has 0 aromatic heterocycles. The van der Waals surface area contributed by atoms with Gasteiger partial charge < -0.3 is 15.4 Å². The summed E-state index contributed by atoms with van der Waals surface area (Å²) < 4.78 is 5.31. The number of benzene rings is 1. The SMILES string of the molecule is CC1CCC(C(C)C)C(NC2CC(NC(=O)OCc3ccccc3)C2)C1. The third-order valence-electron chi connectivity index (χ3n) is 6.14. The summed E-state index contributed by atoms with van der Waals surface area (Å²) in [4.78, 5) is 11.9. The van der Waals surface area contributed by atoms with Crippen molar-refractivity contribution < 1.29 is 9.53 Å². The van der Waals surface area contributed by atoms with Crippen LogP contribution in [-0.4, -0.2) is 24.2 Å². The summed E-state index contributed by atoms with van der Waals surface area (Å²) in [6.07, 6.45) is 5.71. The normalized spacial score (nSPS) is 31.3. The molecule has 1 aromatic carbocycles. The molecule has 0 spiro atoms. The highest BCUT2D eigenvalue weighted by Crippen LogP contribution is 2.35. The monoisotopic (exact) mass is 358 g/mol. The van der Waals surface area contributed by atoms with Gasteiger partial charge in [-0.05, 0) is 49.0 Å². The first-order valence-electron chi connectivity index (χ1n) is 10.2. The van der Waals surface area contributed by atoms with Crippen molar-refractivity contribution in [3.63, 3.8) is 0 Å². The summed E-state index contributed by atoms with van der Waals surface area (Å²) >= 11 is 0. The van der Waals surface area contributed by atoms with Gasteiger partial charge in [-0.15, -0.1) is 0 Å². The molecular weight excluding hydrogens is 324 g/mol. The summed E-state index contributed by atoms with van der Waals surface area (Å²) in [5.74, 6) is 2.35. The number of alkyl carbamates (subject to hydrolysis) is 1. The summed E-state index contributed by atoms with van der Waals surface area (Å²) in [6, 6.07) is 11.2. The van der Waals surface area contributed by atoms with Gasteiger partial charge in [-0.25, -0.2) is 4.79 Å². The highest BCUT2D eigenvalue weighted by molar-refractivity contribution is 5.67. The molecule has 144 valence electrons. The van der Waals surface area contributed by atoms with Gasteiger partial charge in [0.25, 0.3) is 0 Å². The Morgan fingerprint density at radius 1 is 1.12 bits per heavy atom. The molecule has 4 nitrogen and oxygen atoms in total. The van der Waals surface area contributed by atoms with Crippen LogP contribution in [0.4, 0.5) is 4.79 Å². The Hall–Kier alpha value is -1.55. The van der Waals surface area contributed by atoms with Gasteiger partial charge in [0.15, 0.2) is 0 Å². The second kappa shape index (κ2) is 8.90. The van der Waals surface area contributed by atoms with Crippen LogP contribution in [0, 0.1) is 17.8 Å². The second-order valence-electron chi connectivity index (χ2n) is 8.67. The molecule has 3 unspecified atom stereocenters. The molecule has 2 fully saturated rings. The first-order chi connectivity index (χ1) is 12.5. The van der Waals surface area contributed by atoms with E-state index in [0.717, 1.165) is 36.2 Å². The van der Waals surface area contributed by atoms with E-state index in [4.69, 9.17) is 4.74 Å². The van der Waals surface area contributed by atoms with E-state index in [2.05, 4.69) is 31.4 Å². The lowest BCUT2D eigenvalue weighted by Crippen LogP contribution is -2.57. The molecule has 0 heterocycles. The van der Waals surface area contributed by atoms with E-state index < -0.39 is 0 Å². The smallest absolute Gasteiger partial charge is 0.407 e. The largest absolute Gasteiger partial charge is 0.445 e. The zero-order valence-corrected chi connectivity index (χ0v) is 16.4. The average Bonchev–Trinajstić information content (AvgIpc) is 2.59. The highest BCUT2D eigenvalue weighted by Gasteiger charge is 2.36. The molecule has 2 N–H and O–H groups in total. The van der Waals surface area contributed by atoms with Crippen molar-refractivity contribution in [2.45, 2.75) is 77.6 Å². The number of hydrogen-bond acceptors (Lipinski definition) is 3. The minimum atomic E-state index is -0.302. The van der Waals surface area contributed by atoms with Gasteiger partial charge in [0.05, 0.1) is 0 Å². The fraction of sp³-hybridized carbons (Fsp3) is 0.682. The number of amides is 1. The number of carbonyl (C=O) groups is 1. The first-order valence-corrected chi connectivity index (χ1v) is 10.2. The van der Waals surface area contributed by atoms with Crippen molar-refractivity contribution in [1.82, 2.24) is 10.6 Å². The molecule has 2 saturated carbocycles. The fourth-order valence-electron chi connectivity index (χ4n) is 4.50. The van der Waals surface area contributed by atoms with Gasteiger partial charge in [-0.2, -0.15) is 0 Å². The number of nitrogens with one attached hydrogen (secondary N) is 2.